The van der Waals surface area contributed by atoms with Crippen molar-refractivity contribution in [2.75, 3.05) is 31.7 Å². The van der Waals surface area contributed by atoms with Gasteiger partial charge in [-0.25, -0.2) is 0 Å². The van der Waals surface area contributed by atoms with Crippen LogP contribution in [-0.4, -0.2) is 62.0 Å². The molecule has 1 spiro atoms. The third kappa shape index (κ3) is 2.56. The van der Waals surface area contributed by atoms with E-state index in [0.29, 0.717) is 30.9 Å². The second-order valence-corrected chi connectivity index (χ2v) is 11.0. The van der Waals surface area contributed by atoms with E-state index >= 15 is 0 Å². The van der Waals surface area contributed by atoms with E-state index in [1.54, 1.807) is 12.7 Å². The Hall–Kier alpha value is -2.96. The number of benzene rings is 2. The molecule has 2 bridgehead atoms. The van der Waals surface area contributed by atoms with Crippen LogP contribution >= 0.6 is 0 Å². The average Bonchev–Trinajstić information content (AvgIpc) is 3.35. The normalized spacial score (nSPS) is 36.3. The van der Waals surface area contributed by atoms with Gasteiger partial charge in [0.05, 0.1) is 38.0 Å². The first-order valence-electron chi connectivity index (χ1n) is 12.9. The highest BCUT2D eigenvalue weighted by atomic mass is 16.5. The van der Waals surface area contributed by atoms with E-state index in [1.165, 1.54) is 12.0 Å². The van der Waals surface area contributed by atoms with Crippen LogP contribution in [0, 0.1) is 11.8 Å². The van der Waals surface area contributed by atoms with Gasteiger partial charge in [0.25, 0.3) is 0 Å². The van der Waals surface area contributed by atoms with Crippen LogP contribution in [0.15, 0.2) is 59.1 Å². The molecule has 1 saturated carbocycles. The highest BCUT2D eigenvalue weighted by Gasteiger charge is 2.71. The summed E-state index contributed by atoms with van der Waals surface area (Å²) in [5, 5.41) is 0. The number of rotatable bonds is 3. The molecule has 5 heterocycles. The topological polar surface area (TPSA) is 54.4 Å². The molecule has 0 unspecified atom stereocenters. The number of methoxy groups -OCH3 is 1. The number of carbonyl (C=O) groups is 1. The zero-order valence-electron chi connectivity index (χ0n) is 19.9. The van der Waals surface area contributed by atoms with E-state index in [0.717, 1.165) is 42.2 Å². The molecule has 178 valence electrons. The molecule has 4 fully saturated rings. The first-order valence-corrected chi connectivity index (χ1v) is 12.9. The van der Waals surface area contributed by atoms with Gasteiger partial charge in [0, 0.05) is 35.8 Å². The van der Waals surface area contributed by atoms with Crippen molar-refractivity contribution < 1.29 is 14.3 Å². The van der Waals surface area contributed by atoms with E-state index in [2.05, 4.69) is 34.1 Å². The van der Waals surface area contributed by atoms with Gasteiger partial charge in [-0.15, -0.1) is 0 Å². The molecule has 8 rings (SSSR count). The minimum atomic E-state index is -0.0182. The van der Waals surface area contributed by atoms with E-state index in [9.17, 15) is 4.79 Å². The number of fused-ring (bicyclic) bond motifs is 2. The third-order valence-corrected chi connectivity index (χ3v) is 9.77. The van der Waals surface area contributed by atoms with Crippen molar-refractivity contribution in [1.29, 1.82) is 0 Å². The number of hydrogen-bond donors (Lipinski definition) is 0. The Bertz CT molecular complexity index is 1300. The number of anilines is 1. The van der Waals surface area contributed by atoms with E-state index in [-0.39, 0.29) is 23.5 Å². The van der Waals surface area contributed by atoms with Gasteiger partial charge >= 0.3 is 0 Å². The Morgan fingerprint density at radius 1 is 1.20 bits per heavy atom. The highest BCUT2D eigenvalue weighted by Crippen LogP contribution is 2.66. The van der Waals surface area contributed by atoms with E-state index in [4.69, 9.17) is 14.5 Å². The number of ether oxygens (including phenoxy) is 2. The molecule has 6 aliphatic rings. The SMILES string of the molecule is COc1ccc(C=Nc2ccc3c(c2)[C@@]24CCN5CC6=CCO[C@H]7CC(=O)N3[C@H]2[C@@H]7[C@@H]6C[C@H]54)cc1. The Labute approximate surface area is 205 Å². The molecule has 0 N–H and O–H groups in total. The van der Waals surface area contributed by atoms with E-state index < -0.39 is 0 Å². The maximum Gasteiger partial charge on any atom is 0.229 e. The molecule has 5 aliphatic heterocycles. The lowest BCUT2D eigenvalue weighted by Gasteiger charge is -2.58. The van der Waals surface area contributed by atoms with E-state index in [1.807, 2.05) is 30.5 Å². The van der Waals surface area contributed by atoms with Crippen molar-refractivity contribution in [1.82, 2.24) is 4.90 Å². The molecular weight excluding hydrogens is 438 g/mol. The minimum absolute atomic E-state index is 0.0182. The lowest BCUT2D eigenvalue weighted by molar-refractivity contribution is -0.132. The predicted molar refractivity (Wildman–Crippen MR) is 134 cm³/mol. The molecule has 6 atom stereocenters. The highest BCUT2D eigenvalue weighted by molar-refractivity contribution is 5.99. The number of carbonyl (C=O) groups excluding carboxylic acids is 1. The Morgan fingerprint density at radius 3 is 2.94 bits per heavy atom. The summed E-state index contributed by atoms with van der Waals surface area (Å²) in [7, 11) is 1.68. The molecule has 35 heavy (non-hydrogen) atoms. The second-order valence-electron chi connectivity index (χ2n) is 11.0. The van der Waals surface area contributed by atoms with Crippen LogP contribution in [0.2, 0.25) is 0 Å². The third-order valence-electron chi connectivity index (χ3n) is 9.77. The number of piperidine rings is 2. The van der Waals surface area contributed by atoms with Gasteiger partial charge in [-0.2, -0.15) is 0 Å². The smallest absolute Gasteiger partial charge is 0.229 e. The Kier molecular flexibility index (Phi) is 4.08. The lowest BCUT2D eigenvalue weighted by atomic mass is 9.53. The van der Waals surface area contributed by atoms with Gasteiger partial charge in [0.2, 0.25) is 5.91 Å². The van der Waals surface area contributed by atoms with Gasteiger partial charge in [-0.3, -0.25) is 14.7 Å². The fourth-order valence-corrected chi connectivity index (χ4v) is 8.46. The minimum Gasteiger partial charge on any atom is -0.497 e. The summed E-state index contributed by atoms with van der Waals surface area (Å²) in [5.41, 5.74) is 5.98. The molecule has 2 aromatic carbocycles. The standard InChI is InChI=1S/C29H29N3O3/c1-34-20-5-2-17(3-6-20)15-30-19-4-7-23-22(12-19)29-9-10-31-16-18-8-11-35-24-14-26(33)32(23)28(29)27(24)21(18)13-25(29)31/h2-8,12,15,21,24-25,27-28H,9-11,13-14,16H2,1H3/t21-,24+,25+,27-,28+,29-/m1/s1. The first-order chi connectivity index (χ1) is 17.2. The molecule has 2 aromatic rings. The summed E-state index contributed by atoms with van der Waals surface area (Å²) in [5.74, 6) is 1.99. The fourth-order valence-electron chi connectivity index (χ4n) is 8.46. The number of amides is 1. The van der Waals surface area contributed by atoms with Crippen LogP contribution < -0.4 is 9.64 Å². The summed E-state index contributed by atoms with van der Waals surface area (Å²) < 4.78 is 11.6. The fraction of sp³-hybridized carbons (Fsp3) is 0.448. The summed E-state index contributed by atoms with van der Waals surface area (Å²) in [6.07, 6.45) is 7.07. The zero-order valence-corrected chi connectivity index (χ0v) is 19.9. The molecule has 1 amide bonds. The van der Waals surface area contributed by atoms with Crippen molar-refractivity contribution in [3.8, 4) is 5.75 Å². The van der Waals surface area contributed by atoms with Crippen LogP contribution in [-0.2, 0) is 14.9 Å². The average molecular weight is 468 g/mol. The maximum absolute atomic E-state index is 13.6. The first kappa shape index (κ1) is 20.3. The van der Waals surface area contributed by atoms with Crippen molar-refractivity contribution >= 4 is 23.5 Å². The van der Waals surface area contributed by atoms with Gasteiger partial charge in [-0.1, -0.05) is 11.6 Å². The maximum atomic E-state index is 13.6. The van der Waals surface area contributed by atoms with Gasteiger partial charge in [-0.05, 0) is 78.9 Å². The molecular formula is C29H29N3O3. The lowest BCUT2D eigenvalue weighted by Crippen LogP contribution is -2.69. The molecule has 6 nitrogen and oxygen atoms in total. The molecule has 3 saturated heterocycles. The molecule has 1 aliphatic carbocycles. The number of nitrogens with zero attached hydrogens (tertiary/aromatic N) is 3. The number of hydrogen-bond acceptors (Lipinski definition) is 5. The van der Waals surface area contributed by atoms with Gasteiger partial charge in [0.15, 0.2) is 0 Å². The Balaban J connectivity index is 1.25. The van der Waals surface area contributed by atoms with Crippen LogP contribution in [0.3, 0.4) is 0 Å². The summed E-state index contributed by atoms with van der Waals surface area (Å²) >= 11 is 0. The summed E-state index contributed by atoms with van der Waals surface area (Å²) in [4.78, 5) is 23.3. The molecule has 6 heteroatoms. The zero-order chi connectivity index (χ0) is 23.3. The summed E-state index contributed by atoms with van der Waals surface area (Å²) in [6, 6.07) is 15.1. The molecule has 0 radical (unpaired) electrons. The predicted octanol–water partition coefficient (Wildman–Crippen LogP) is 3.85. The van der Waals surface area contributed by atoms with Crippen molar-refractivity contribution in [2.45, 2.75) is 42.9 Å². The second kappa shape index (κ2) is 7.05. The van der Waals surface area contributed by atoms with Crippen LogP contribution in [0.4, 0.5) is 11.4 Å². The Morgan fingerprint density at radius 2 is 2.09 bits per heavy atom. The van der Waals surface area contributed by atoms with Crippen LogP contribution in [0.1, 0.15) is 30.4 Å². The van der Waals surface area contributed by atoms with Crippen molar-refractivity contribution in [3.05, 3.63) is 65.2 Å². The number of aliphatic imine (C=N–C) groups is 1. The van der Waals surface area contributed by atoms with Gasteiger partial charge in [0.1, 0.15) is 5.75 Å². The monoisotopic (exact) mass is 467 g/mol. The van der Waals surface area contributed by atoms with Crippen molar-refractivity contribution in [3.63, 3.8) is 0 Å². The van der Waals surface area contributed by atoms with Crippen LogP contribution in [0.25, 0.3) is 0 Å². The quantitative estimate of drug-likeness (QED) is 0.508. The van der Waals surface area contributed by atoms with Crippen LogP contribution in [0.5, 0.6) is 5.75 Å². The largest absolute Gasteiger partial charge is 0.497 e. The summed E-state index contributed by atoms with van der Waals surface area (Å²) in [6.45, 7) is 2.81. The molecule has 0 aromatic heterocycles. The van der Waals surface area contributed by atoms with Crippen molar-refractivity contribution in [2.24, 2.45) is 16.8 Å². The van der Waals surface area contributed by atoms with Gasteiger partial charge < -0.3 is 14.4 Å².